The topological polar surface area (TPSA) is 32.3 Å². The van der Waals surface area contributed by atoms with Gasteiger partial charge < -0.3 is 0 Å². The number of phenolic OH excluding ortho intramolecular Hbond substituents is 1. The predicted octanol–water partition coefficient (Wildman–Crippen LogP) is 1.75. The summed E-state index contributed by atoms with van der Waals surface area (Å²) in [6, 6.07) is 5.82. The van der Waals surface area contributed by atoms with Crippen molar-refractivity contribution < 1.29 is 5.11 Å². The molecule has 80 valence electrons. The van der Waals surface area contributed by atoms with Crippen molar-refractivity contribution in [3.05, 3.63) is 28.7 Å². The van der Waals surface area contributed by atoms with Crippen LogP contribution in [0, 0.1) is 0 Å². The van der Waals surface area contributed by atoms with Crippen LogP contribution in [0.3, 0.4) is 0 Å². The van der Waals surface area contributed by atoms with Crippen LogP contribution in [-0.2, 0) is 6.42 Å². The Balaban J connectivity index is 2.27. The fraction of sp³-hybridized carbons (Fsp3) is 0.333. The van der Waals surface area contributed by atoms with Gasteiger partial charge in [0.15, 0.2) is 0 Å². The van der Waals surface area contributed by atoms with Gasteiger partial charge in [-0.15, -0.1) is 0 Å². The summed E-state index contributed by atoms with van der Waals surface area (Å²) in [5, 5.41) is 14.2. The second-order valence-corrected chi connectivity index (χ2v) is 5.43. The predicted molar refractivity (Wildman–Crippen MR) is 64.8 cm³/mol. The van der Waals surface area contributed by atoms with Gasteiger partial charge >= 0.3 is 95.5 Å². The second kappa shape index (κ2) is 4.84. The number of likely N-dealkylation sites (N-methyl/N-ethyl adjacent to an activating group) is 1. The minimum absolute atomic E-state index is 0.412. The van der Waals surface area contributed by atoms with Crippen LogP contribution in [0.15, 0.2) is 23.1 Å². The van der Waals surface area contributed by atoms with E-state index >= 15 is 0 Å². The third-order valence-electron chi connectivity index (χ3n) is 2.47. The van der Waals surface area contributed by atoms with E-state index in [9.17, 15) is 5.11 Å². The zero-order chi connectivity index (χ0) is 10.7. The number of fused-ring (bicyclic) bond motifs is 1. The molecule has 0 aliphatic heterocycles. The van der Waals surface area contributed by atoms with Crippen molar-refractivity contribution in [3.63, 3.8) is 0 Å². The fourth-order valence-corrected chi connectivity index (χ4v) is 3.85. The molecule has 0 spiro atoms. The molecule has 0 unspecified atom stereocenters. The molecule has 2 nitrogen and oxygen atoms in total. The van der Waals surface area contributed by atoms with E-state index in [1.807, 2.05) is 6.07 Å². The van der Waals surface area contributed by atoms with Crippen LogP contribution in [-0.4, -0.2) is 32.7 Å². The van der Waals surface area contributed by atoms with E-state index in [-0.39, 0.29) is 0 Å². The summed E-state index contributed by atoms with van der Waals surface area (Å²) >= 11 is 0.412. The summed E-state index contributed by atoms with van der Waals surface area (Å²) in [5.74, 6) is 0.439. The Bertz CT molecular complexity index is 450. The van der Waals surface area contributed by atoms with E-state index in [4.69, 9.17) is 0 Å². The van der Waals surface area contributed by atoms with Crippen LogP contribution < -0.4 is 5.32 Å². The number of hydrogen-bond donors (Lipinski definition) is 2. The standard InChI is InChI=1S/C12H15NOSe/c1-2-13-7-6-9-8-15-11-5-3-4-10(14)12(9)11/h3-5,8,13-14H,2,6-7H2,1H3. The molecule has 2 rings (SSSR count). The summed E-state index contributed by atoms with van der Waals surface area (Å²) in [6.07, 6.45) is 1.01. The first-order chi connectivity index (χ1) is 7.33. The summed E-state index contributed by atoms with van der Waals surface area (Å²) in [4.78, 5) is 2.29. The van der Waals surface area contributed by atoms with Gasteiger partial charge in [0, 0.05) is 0 Å². The van der Waals surface area contributed by atoms with Crippen LogP contribution in [0.1, 0.15) is 12.5 Å². The molecule has 0 bridgehead atoms. The van der Waals surface area contributed by atoms with Crippen LogP contribution in [0.5, 0.6) is 5.75 Å². The average Bonchev–Trinajstić information content (AvgIpc) is 2.63. The average molecular weight is 268 g/mol. The number of aromatic hydroxyl groups is 1. The van der Waals surface area contributed by atoms with Crippen molar-refractivity contribution in [3.8, 4) is 5.75 Å². The van der Waals surface area contributed by atoms with Gasteiger partial charge in [-0.05, 0) is 0 Å². The van der Waals surface area contributed by atoms with E-state index < -0.39 is 0 Å². The van der Waals surface area contributed by atoms with Gasteiger partial charge in [0.25, 0.3) is 0 Å². The van der Waals surface area contributed by atoms with Gasteiger partial charge in [0.2, 0.25) is 0 Å². The van der Waals surface area contributed by atoms with Gasteiger partial charge in [0.05, 0.1) is 0 Å². The van der Waals surface area contributed by atoms with E-state index in [0.717, 1.165) is 24.9 Å². The first-order valence-electron chi connectivity index (χ1n) is 5.21. The molecule has 0 atom stereocenters. The molecule has 0 radical (unpaired) electrons. The Kier molecular flexibility index (Phi) is 3.47. The monoisotopic (exact) mass is 269 g/mol. The maximum atomic E-state index is 9.81. The molecule has 3 heteroatoms. The van der Waals surface area contributed by atoms with Gasteiger partial charge in [-0.2, -0.15) is 0 Å². The normalized spacial score (nSPS) is 11.0. The molecule has 0 saturated heterocycles. The number of benzene rings is 1. The van der Waals surface area contributed by atoms with Gasteiger partial charge in [-0.25, -0.2) is 0 Å². The Morgan fingerprint density at radius 2 is 2.27 bits per heavy atom. The summed E-state index contributed by atoms with van der Waals surface area (Å²) in [5.41, 5.74) is 1.31. The zero-order valence-electron chi connectivity index (χ0n) is 8.79. The molecular formula is C12H15NOSe. The first-order valence-corrected chi connectivity index (χ1v) is 7.06. The SMILES string of the molecule is CCNCCc1c[se]c2cccc(O)c12. The van der Waals surface area contributed by atoms with Gasteiger partial charge in [-0.3, -0.25) is 0 Å². The van der Waals surface area contributed by atoms with Crippen molar-refractivity contribution in [2.24, 2.45) is 0 Å². The maximum absolute atomic E-state index is 9.81. The number of nitrogens with one attached hydrogen (secondary N) is 1. The number of rotatable bonds is 4. The third-order valence-corrected chi connectivity index (χ3v) is 4.57. The fourth-order valence-electron chi connectivity index (χ4n) is 1.72. The molecule has 0 amide bonds. The Hall–Kier alpha value is -0.761. The van der Waals surface area contributed by atoms with Gasteiger partial charge in [0.1, 0.15) is 0 Å². The summed E-state index contributed by atoms with van der Waals surface area (Å²) < 4.78 is 1.31. The molecule has 2 N–H and O–H groups in total. The Morgan fingerprint density at radius 3 is 3.07 bits per heavy atom. The third kappa shape index (κ3) is 2.25. The molecule has 0 fully saturated rings. The van der Waals surface area contributed by atoms with E-state index in [0.29, 0.717) is 20.3 Å². The summed E-state index contributed by atoms with van der Waals surface area (Å²) in [6.45, 7) is 4.11. The molecule has 2 aromatic rings. The van der Waals surface area contributed by atoms with Crippen LogP contribution in [0.25, 0.3) is 9.65 Å². The zero-order valence-corrected chi connectivity index (χ0v) is 10.5. The molecule has 1 heterocycles. The van der Waals surface area contributed by atoms with Gasteiger partial charge in [-0.1, -0.05) is 0 Å². The molecule has 0 aliphatic rings. The van der Waals surface area contributed by atoms with Crippen LogP contribution in [0.2, 0.25) is 0 Å². The van der Waals surface area contributed by atoms with E-state index in [2.05, 4.69) is 23.2 Å². The summed E-state index contributed by atoms with van der Waals surface area (Å²) in [7, 11) is 0. The van der Waals surface area contributed by atoms with Crippen LogP contribution >= 0.6 is 0 Å². The minimum atomic E-state index is 0.412. The Labute approximate surface area is 95.7 Å². The first kappa shape index (κ1) is 10.7. The van der Waals surface area contributed by atoms with Crippen LogP contribution in [0.4, 0.5) is 0 Å². The molecule has 15 heavy (non-hydrogen) atoms. The quantitative estimate of drug-likeness (QED) is 0.654. The van der Waals surface area contributed by atoms with E-state index in [1.165, 1.54) is 9.82 Å². The number of hydrogen-bond acceptors (Lipinski definition) is 2. The molecule has 0 aliphatic carbocycles. The molecular weight excluding hydrogens is 253 g/mol. The second-order valence-electron chi connectivity index (χ2n) is 3.51. The number of phenols is 1. The molecule has 0 saturated carbocycles. The van der Waals surface area contributed by atoms with Crippen molar-refractivity contribution >= 4 is 24.1 Å². The molecule has 1 aromatic heterocycles. The van der Waals surface area contributed by atoms with E-state index in [1.54, 1.807) is 6.07 Å². The van der Waals surface area contributed by atoms with Crippen molar-refractivity contribution in [1.29, 1.82) is 0 Å². The Morgan fingerprint density at radius 1 is 1.40 bits per heavy atom. The molecule has 1 aromatic carbocycles. The van der Waals surface area contributed by atoms with Crippen molar-refractivity contribution in [2.75, 3.05) is 13.1 Å². The van der Waals surface area contributed by atoms with Crippen molar-refractivity contribution in [2.45, 2.75) is 13.3 Å². The van der Waals surface area contributed by atoms with Crippen molar-refractivity contribution in [1.82, 2.24) is 5.32 Å².